The molecule has 18 heavy (non-hydrogen) atoms. The number of carbonyl (C=O) groups is 1. The minimum absolute atomic E-state index is 0.109. The van der Waals surface area contributed by atoms with E-state index in [-0.39, 0.29) is 11.3 Å². The van der Waals surface area contributed by atoms with E-state index in [9.17, 15) is 4.79 Å². The van der Waals surface area contributed by atoms with Crippen LogP contribution in [0.25, 0.3) is 0 Å². The van der Waals surface area contributed by atoms with Crippen molar-refractivity contribution in [2.45, 2.75) is 70.8 Å². The maximum absolute atomic E-state index is 12.1. The number of hydrogen-bond donors (Lipinski definition) is 2. The first kappa shape index (κ1) is 13.9. The van der Waals surface area contributed by atoms with Gasteiger partial charge in [0.2, 0.25) is 5.91 Å². The fraction of sp³-hybridized carbons (Fsp3) is 0.933. The molecule has 0 aromatic carbocycles. The predicted molar refractivity (Wildman–Crippen MR) is 74.1 cm³/mol. The van der Waals surface area contributed by atoms with Gasteiger partial charge in [0.1, 0.15) is 0 Å². The molecule has 3 heteroatoms. The zero-order valence-corrected chi connectivity index (χ0v) is 11.7. The first-order chi connectivity index (χ1) is 8.69. The fourth-order valence-corrected chi connectivity index (χ4v) is 3.47. The maximum atomic E-state index is 12.1. The van der Waals surface area contributed by atoms with Crippen LogP contribution in [0.2, 0.25) is 0 Å². The molecule has 0 aromatic rings. The Morgan fingerprint density at radius 1 is 1.33 bits per heavy atom. The van der Waals surface area contributed by atoms with Crippen molar-refractivity contribution in [3.8, 4) is 0 Å². The van der Waals surface area contributed by atoms with Crippen LogP contribution in [0.4, 0.5) is 0 Å². The topological polar surface area (TPSA) is 55.1 Å². The van der Waals surface area contributed by atoms with E-state index in [1.807, 2.05) is 0 Å². The van der Waals surface area contributed by atoms with Gasteiger partial charge in [0, 0.05) is 12.5 Å². The van der Waals surface area contributed by atoms with Crippen LogP contribution in [0, 0.1) is 11.3 Å². The molecule has 3 nitrogen and oxygen atoms in total. The zero-order chi connectivity index (χ0) is 13.0. The van der Waals surface area contributed by atoms with Crippen LogP contribution in [0.5, 0.6) is 0 Å². The molecular formula is C15H28N2O. The highest BCUT2D eigenvalue weighted by molar-refractivity contribution is 5.77. The van der Waals surface area contributed by atoms with Gasteiger partial charge in [-0.1, -0.05) is 32.6 Å². The van der Waals surface area contributed by atoms with E-state index >= 15 is 0 Å². The Morgan fingerprint density at radius 3 is 2.67 bits per heavy atom. The Hall–Kier alpha value is -0.570. The minimum Gasteiger partial charge on any atom is -0.353 e. The van der Waals surface area contributed by atoms with Crippen molar-refractivity contribution in [3.05, 3.63) is 0 Å². The normalized spacial score (nSPS) is 29.9. The van der Waals surface area contributed by atoms with Crippen molar-refractivity contribution in [1.82, 2.24) is 5.32 Å². The van der Waals surface area contributed by atoms with Gasteiger partial charge in [-0.05, 0) is 43.6 Å². The fourth-order valence-electron chi connectivity index (χ4n) is 3.47. The van der Waals surface area contributed by atoms with Crippen LogP contribution in [0.15, 0.2) is 0 Å². The average molecular weight is 252 g/mol. The van der Waals surface area contributed by atoms with Gasteiger partial charge < -0.3 is 11.1 Å². The third kappa shape index (κ3) is 3.47. The molecule has 0 heterocycles. The maximum Gasteiger partial charge on any atom is 0.220 e. The molecule has 0 spiro atoms. The number of rotatable bonds is 6. The third-order valence-electron chi connectivity index (χ3n) is 4.81. The number of carbonyl (C=O) groups excluding carboxylic acids is 1. The Labute approximate surface area is 111 Å². The summed E-state index contributed by atoms with van der Waals surface area (Å²) in [5.41, 5.74) is 6.04. The summed E-state index contributed by atoms with van der Waals surface area (Å²) in [5.74, 6) is 0.991. The number of hydrogen-bond acceptors (Lipinski definition) is 2. The standard InChI is InChI=1S/C15H28N2O/c1-2-6-12-9-13(12)17-14(18)10-15(11-16)7-4-3-5-8-15/h12-13H,2-11,16H2,1H3,(H,17,18). The molecule has 0 aromatic heterocycles. The highest BCUT2D eigenvalue weighted by Crippen LogP contribution is 2.39. The van der Waals surface area contributed by atoms with Crippen molar-refractivity contribution in [3.63, 3.8) is 0 Å². The largest absolute Gasteiger partial charge is 0.353 e. The number of nitrogens with one attached hydrogen (secondary N) is 1. The second kappa shape index (κ2) is 6.05. The second-order valence-electron chi connectivity index (χ2n) is 6.40. The van der Waals surface area contributed by atoms with Crippen molar-refractivity contribution in [2.24, 2.45) is 17.1 Å². The molecule has 2 atom stereocenters. The molecule has 0 saturated heterocycles. The van der Waals surface area contributed by atoms with Gasteiger partial charge in [-0.3, -0.25) is 4.79 Å². The highest BCUT2D eigenvalue weighted by atomic mass is 16.1. The van der Waals surface area contributed by atoms with Crippen LogP contribution in [0.3, 0.4) is 0 Å². The Bertz CT molecular complexity index is 284. The SMILES string of the molecule is CCCC1CC1NC(=O)CC1(CN)CCCCC1. The highest BCUT2D eigenvalue weighted by Gasteiger charge is 2.39. The monoisotopic (exact) mass is 252 g/mol. The smallest absolute Gasteiger partial charge is 0.220 e. The van der Waals surface area contributed by atoms with Crippen LogP contribution in [-0.2, 0) is 4.79 Å². The van der Waals surface area contributed by atoms with Gasteiger partial charge >= 0.3 is 0 Å². The molecule has 3 N–H and O–H groups in total. The van der Waals surface area contributed by atoms with Gasteiger partial charge in [-0.15, -0.1) is 0 Å². The summed E-state index contributed by atoms with van der Waals surface area (Å²) in [7, 11) is 0. The second-order valence-corrected chi connectivity index (χ2v) is 6.40. The molecule has 2 aliphatic rings. The summed E-state index contributed by atoms with van der Waals surface area (Å²) in [5, 5.41) is 3.20. The lowest BCUT2D eigenvalue weighted by atomic mass is 9.71. The van der Waals surface area contributed by atoms with Gasteiger partial charge in [-0.2, -0.15) is 0 Å². The van der Waals surface area contributed by atoms with Gasteiger partial charge in [0.15, 0.2) is 0 Å². The summed E-state index contributed by atoms with van der Waals surface area (Å²) < 4.78 is 0. The minimum atomic E-state index is 0.109. The van der Waals surface area contributed by atoms with E-state index in [0.29, 0.717) is 19.0 Å². The van der Waals surface area contributed by atoms with Crippen molar-refractivity contribution in [1.29, 1.82) is 0 Å². The zero-order valence-electron chi connectivity index (χ0n) is 11.7. The summed E-state index contributed by atoms with van der Waals surface area (Å²) in [6.45, 7) is 2.88. The van der Waals surface area contributed by atoms with Crippen LogP contribution < -0.4 is 11.1 Å². The number of amides is 1. The molecule has 2 unspecified atom stereocenters. The van der Waals surface area contributed by atoms with Crippen LogP contribution in [-0.4, -0.2) is 18.5 Å². The molecule has 0 bridgehead atoms. The average Bonchev–Trinajstić information content (AvgIpc) is 3.08. The quantitative estimate of drug-likeness (QED) is 0.763. The summed E-state index contributed by atoms with van der Waals surface area (Å²) in [6, 6.07) is 0.468. The van der Waals surface area contributed by atoms with Gasteiger partial charge in [0.05, 0.1) is 0 Å². The van der Waals surface area contributed by atoms with Crippen molar-refractivity contribution >= 4 is 5.91 Å². The molecule has 1 amide bonds. The van der Waals surface area contributed by atoms with E-state index in [1.54, 1.807) is 0 Å². The molecule has 104 valence electrons. The summed E-state index contributed by atoms with van der Waals surface area (Å²) in [4.78, 5) is 12.1. The Balaban J connectivity index is 1.76. The lowest BCUT2D eigenvalue weighted by Gasteiger charge is -2.35. The molecule has 2 fully saturated rings. The van der Waals surface area contributed by atoms with E-state index in [1.165, 1.54) is 38.5 Å². The first-order valence-electron chi connectivity index (χ1n) is 7.68. The van der Waals surface area contributed by atoms with Gasteiger partial charge in [-0.25, -0.2) is 0 Å². The lowest BCUT2D eigenvalue weighted by molar-refractivity contribution is -0.124. The van der Waals surface area contributed by atoms with Crippen molar-refractivity contribution in [2.75, 3.05) is 6.54 Å². The van der Waals surface area contributed by atoms with E-state index in [2.05, 4.69) is 12.2 Å². The Morgan fingerprint density at radius 2 is 2.06 bits per heavy atom. The summed E-state index contributed by atoms with van der Waals surface area (Å²) in [6.07, 6.45) is 10.4. The first-order valence-corrected chi connectivity index (χ1v) is 7.68. The predicted octanol–water partition coefficient (Wildman–Crippen LogP) is 2.59. The van der Waals surface area contributed by atoms with Crippen LogP contribution >= 0.6 is 0 Å². The molecular weight excluding hydrogens is 224 g/mol. The molecule has 2 aliphatic carbocycles. The van der Waals surface area contributed by atoms with E-state index in [4.69, 9.17) is 5.73 Å². The molecule has 2 saturated carbocycles. The number of nitrogens with two attached hydrogens (primary N) is 1. The lowest BCUT2D eigenvalue weighted by Crippen LogP contribution is -2.39. The molecule has 0 aliphatic heterocycles. The molecule has 2 rings (SSSR count). The van der Waals surface area contributed by atoms with Crippen molar-refractivity contribution < 1.29 is 4.79 Å². The molecule has 0 radical (unpaired) electrons. The van der Waals surface area contributed by atoms with Gasteiger partial charge in [0.25, 0.3) is 0 Å². The third-order valence-corrected chi connectivity index (χ3v) is 4.81. The summed E-state index contributed by atoms with van der Waals surface area (Å²) >= 11 is 0. The van der Waals surface area contributed by atoms with Crippen LogP contribution in [0.1, 0.15) is 64.7 Å². The van der Waals surface area contributed by atoms with E-state index in [0.717, 1.165) is 18.8 Å². The van der Waals surface area contributed by atoms with E-state index < -0.39 is 0 Å². The Kier molecular flexibility index (Phi) is 4.66.